The van der Waals surface area contributed by atoms with Crippen molar-refractivity contribution in [1.29, 1.82) is 0 Å². The smallest absolute Gasteiger partial charge is 0.356 e. The first-order valence-electron chi connectivity index (χ1n) is 12.4. The highest BCUT2D eigenvalue weighted by Gasteiger charge is 2.42. The van der Waals surface area contributed by atoms with Gasteiger partial charge in [-0.25, -0.2) is 17.2 Å². The molecule has 196 valence electrons. The van der Waals surface area contributed by atoms with Crippen LogP contribution in [0.4, 0.5) is 0 Å². The van der Waals surface area contributed by atoms with Gasteiger partial charge in [-0.05, 0) is 63.4 Å². The molecule has 9 heteroatoms. The summed E-state index contributed by atoms with van der Waals surface area (Å²) in [6, 6.07) is 12.4. The van der Waals surface area contributed by atoms with Crippen LogP contribution in [0.1, 0.15) is 48.8 Å². The maximum atomic E-state index is 15.0. The molecular formula is C28H32NO6PS. The Morgan fingerprint density at radius 2 is 1.86 bits per heavy atom. The summed E-state index contributed by atoms with van der Waals surface area (Å²) in [7, 11) is -8.10. The maximum Gasteiger partial charge on any atom is 0.356 e. The number of carbonyl (C=O) groups excluding carboxylic acids is 1. The van der Waals surface area contributed by atoms with Crippen LogP contribution in [-0.4, -0.2) is 36.8 Å². The van der Waals surface area contributed by atoms with Crippen molar-refractivity contribution >= 4 is 44.9 Å². The molecule has 1 aromatic heterocycles. The van der Waals surface area contributed by atoms with E-state index in [2.05, 4.69) is 0 Å². The molecule has 3 aromatic rings. The predicted octanol–water partition coefficient (Wildman–Crippen LogP) is 5.02. The van der Waals surface area contributed by atoms with E-state index in [9.17, 15) is 17.8 Å². The average molecular weight is 542 g/mol. The van der Waals surface area contributed by atoms with Crippen molar-refractivity contribution < 1.29 is 27.0 Å². The van der Waals surface area contributed by atoms with Gasteiger partial charge in [-0.2, -0.15) is 0 Å². The monoisotopic (exact) mass is 541 g/mol. The molecule has 1 aliphatic rings. The third-order valence-electron chi connectivity index (χ3n) is 6.36. The number of benzene rings is 2. The lowest BCUT2D eigenvalue weighted by molar-refractivity contribution is 0.0520. The largest absolute Gasteiger partial charge is 0.461 e. The highest BCUT2D eigenvalue weighted by molar-refractivity contribution is 7.91. The molecule has 1 aliphatic carbocycles. The third kappa shape index (κ3) is 4.86. The van der Waals surface area contributed by atoms with Crippen LogP contribution in [-0.2, 0) is 30.3 Å². The molecule has 0 fully saturated rings. The summed E-state index contributed by atoms with van der Waals surface area (Å²) in [4.78, 5) is 13.6. The predicted molar refractivity (Wildman–Crippen MR) is 148 cm³/mol. The quantitative estimate of drug-likeness (QED) is 0.279. The van der Waals surface area contributed by atoms with Crippen LogP contribution in [0.3, 0.4) is 0 Å². The highest BCUT2D eigenvalue weighted by atomic mass is 32.2. The summed E-state index contributed by atoms with van der Waals surface area (Å²) in [5, 5.41) is -0.0534. The van der Waals surface area contributed by atoms with Crippen molar-refractivity contribution in [2.45, 2.75) is 45.8 Å². The first-order chi connectivity index (χ1) is 17.7. The lowest BCUT2D eigenvalue weighted by atomic mass is 10.2. The van der Waals surface area contributed by atoms with Gasteiger partial charge in [-0.3, -0.25) is 4.57 Å². The van der Waals surface area contributed by atoms with E-state index in [1.54, 1.807) is 74.5 Å². The number of carbonyl (C=O) groups is 1. The van der Waals surface area contributed by atoms with E-state index in [1.165, 1.54) is 0 Å². The topological polar surface area (TPSA) is 91.7 Å². The Labute approximate surface area is 218 Å². The summed E-state index contributed by atoms with van der Waals surface area (Å²) < 4.78 is 55.6. The van der Waals surface area contributed by atoms with Gasteiger partial charge in [0.2, 0.25) is 10.0 Å². The van der Waals surface area contributed by atoms with Gasteiger partial charge < -0.3 is 9.26 Å². The molecule has 37 heavy (non-hydrogen) atoms. The number of allylic oxidation sites excluding steroid dienone is 3. The summed E-state index contributed by atoms with van der Waals surface area (Å²) in [5.74, 6) is -0.864. The van der Waals surface area contributed by atoms with E-state index in [0.717, 1.165) is 15.1 Å². The molecule has 2 aromatic carbocycles. The van der Waals surface area contributed by atoms with Crippen LogP contribution in [0.5, 0.6) is 0 Å². The van der Waals surface area contributed by atoms with Gasteiger partial charge in [-0.1, -0.05) is 55.0 Å². The second-order valence-corrected chi connectivity index (χ2v) is 13.2. The fourth-order valence-electron chi connectivity index (χ4n) is 4.63. The number of hydrogen-bond acceptors (Lipinski definition) is 6. The van der Waals surface area contributed by atoms with Gasteiger partial charge in [0.15, 0.2) is 5.69 Å². The Bertz CT molecular complexity index is 1550. The number of aryl methyl sites for hydroxylation is 2. The van der Waals surface area contributed by atoms with Gasteiger partial charge >= 0.3 is 5.97 Å². The molecular weight excluding hydrogens is 509 g/mol. The van der Waals surface area contributed by atoms with Gasteiger partial charge in [0.1, 0.15) is 5.25 Å². The van der Waals surface area contributed by atoms with E-state index in [1.807, 2.05) is 19.9 Å². The minimum absolute atomic E-state index is 0.0230. The number of hydrogen-bond donors (Lipinski definition) is 0. The Hall–Kier alpha value is -2.93. The minimum atomic E-state index is -4.14. The lowest BCUT2D eigenvalue weighted by Crippen LogP contribution is -2.32. The van der Waals surface area contributed by atoms with Crippen molar-refractivity contribution in [1.82, 2.24) is 3.97 Å². The molecule has 1 heterocycles. The van der Waals surface area contributed by atoms with Crippen molar-refractivity contribution in [2.24, 2.45) is 0 Å². The van der Waals surface area contributed by atoms with E-state index in [4.69, 9.17) is 9.26 Å². The average Bonchev–Trinajstić information content (AvgIpc) is 3.25. The van der Waals surface area contributed by atoms with Crippen molar-refractivity contribution in [3.63, 3.8) is 0 Å². The molecule has 2 atom stereocenters. The van der Waals surface area contributed by atoms with Gasteiger partial charge in [0, 0.05) is 10.7 Å². The van der Waals surface area contributed by atoms with E-state index < -0.39 is 28.6 Å². The normalized spacial score (nSPS) is 17.1. The Kier molecular flexibility index (Phi) is 7.93. The SMILES string of the molecule is CCOC(=O)c1c(P(=O)(OCC)c2cccc(CC)c2)c2cc(C)ccc2n1S(=O)(=O)C1C=CC=CC1. The zero-order valence-electron chi connectivity index (χ0n) is 21.5. The number of esters is 1. The first kappa shape index (κ1) is 27.1. The summed E-state index contributed by atoms with van der Waals surface area (Å²) >= 11 is 0. The molecule has 0 saturated heterocycles. The molecule has 2 unspecified atom stereocenters. The van der Waals surface area contributed by atoms with Crippen LogP contribution < -0.4 is 10.6 Å². The Morgan fingerprint density at radius 1 is 1.08 bits per heavy atom. The second kappa shape index (κ2) is 10.8. The molecule has 4 rings (SSSR count). The number of aromatic nitrogens is 1. The fraction of sp³-hybridized carbons (Fsp3) is 0.321. The number of rotatable bonds is 9. The van der Waals surface area contributed by atoms with Crippen LogP contribution in [0.2, 0.25) is 0 Å². The molecule has 0 saturated carbocycles. The third-order valence-corrected chi connectivity index (χ3v) is 11.0. The number of ether oxygens (including phenoxy) is 1. The zero-order valence-corrected chi connectivity index (χ0v) is 23.2. The molecule has 7 nitrogen and oxygen atoms in total. The Balaban J connectivity index is 2.17. The maximum absolute atomic E-state index is 15.0. The Morgan fingerprint density at radius 3 is 2.51 bits per heavy atom. The molecule has 0 aliphatic heterocycles. The van der Waals surface area contributed by atoms with Gasteiger partial charge in [-0.15, -0.1) is 0 Å². The molecule has 0 N–H and O–H groups in total. The fourth-order valence-corrected chi connectivity index (χ4v) is 8.95. The van der Waals surface area contributed by atoms with Crippen LogP contribution in [0.15, 0.2) is 66.8 Å². The van der Waals surface area contributed by atoms with Gasteiger partial charge in [0.05, 0.1) is 24.0 Å². The number of fused-ring (bicyclic) bond motifs is 1. The van der Waals surface area contributed by atoms with E-state index in [-0.39, 0.29) is 36.1 Å². The molecule has 0 bridgehead atoms. The van der Waals surface area contributed by atoms with E-state index in [0.29, 0.717) is 17.1 Å². The first-order valence-corrected chi connectivity index (χ1v) is 15.6. The van der Waals surface area contributed by atoms with Crippen molar-refractivity contribution in [3.8, 4) is 0 Å². The van der Waals surface area contributed by atoms with Crippen LogP contribution in [0.25, 0.3) is 10.9 Å². The van der Waals surface area contributed by atoms with Crippen LogP contribution in [0, 0.1) is 6.92 Å². The summed E-state index contributed by atoms with van der Waals surface area (Å²) in [6.45, 7) is 7.33. The lowest BCUT2D eigenvalue weighted by Gasteiger charge is -2.21. The number of nitrogens with zero attached hydrogens (tertiary/aromatic N) is 1. The highest BCUT2D eigenvalue weighted by Crippen LogP contribution is 2.49. The van der Waals surface area contributed by atoms with Gasteiger partial charge in [0.25, 0.3) is 7.37 Å². The van der Waals surface area contributed by atoms with E-state index >= 15 is 0 Å². The molecule has 0 radical (unpaired) electrons. The minimum Gasteiger partial charge on any atom is -0.461 e. The summed E-state index contributed by atoms with van der Waals surface area (Å²) in [6.07, 6.45) is 7.78. The molecule has 0 spiro atoms. The standard InChI is InChI=1S/C28H32NO6PS/c1-5-21-12-11-13-22(19-21)36(31,35-7-3)27-24-18-20(4)16-17-25(24)29(26(27)28(30)34-6-2)37(32,33)23-14-9-8-10-15-23/h8-14,16-19,23H,5-7,15H2,1-4H3. The zero-order chi connectivity index (χ0) is 26.8. The summed E-state index contributed by atoms with van der Waals surface area (Å²) in [5.41, 5.74) is 1.76. The van der Waals surface area contributed by atoms with Crippen LogP contribution >= 0.6 is 7.37 Å². The molecule has 0 amide bonds. The second-order valence-electron chi connectivity index (χ2n) is 8.83. The van der Waals surface area contributed by atoms with Crippen molar-refractivity contribution in [3.05, 3.63) is 83.6 Å². The van der Waals surface area contributed by atoms with Crippen molar-refractivity contribution in [2.75, 3.05) is 13.2 Å².